The number of carbonyl (C=O) groups is 1. The first-order valence-electron chi connectivity index (χ1n) is 8.05. The van der Waals surface area contributed by atoms with Crippen LogP contribution in [0, 0.1) is 0 Å². The van der Waals surface area contributed by atoms with Gasteiger partial charge in [-0.25, -0.2) is 0 Å². The molecule has 1 N–H and O–H groups in total. The molecule has 1 aromatic carbocycles. The normalized spacial score (nSPS) is 21.6. The number of β-amino-alcohol motifs (C(OH)–C–C–N with tert-alkyl or cyclic N) is 1. The van der Waals surface area contributed by atoms with E-state index < -0.39 is 0 Å². The summed E-state index contributed by atoms with van der Waals surface area (Å²) >= 11 is 0. The molecule has 3 rings (SSSR count). The van der Waals surface area contributed by atoms with E-state index in [9.17, 15) is 9.90 Å². The van der Waals surface area contributed by atoms with Gasteiger partial charge in [0.15, 0.2) is 17.3 Å². The van der Waals surface area contributed by atoms with Crippen molar-refractivity contribution in [1.82, 2.24) is 4.90 Å². The number of ketones is 1. The largest absolute Gasteiger partial charge is 0.486 e. The molecule has 2 aliphatic heterocycles. The van der Waals surface area contributed by atoms with Gasteiger partial charge in [-0.05, 0) is 50.6 Å². The summed E-state index contributed by atoms with van der Waals surface area (Å²) in [5.74, 6) is 1.51. The Hall–Kier alpha value is -1.59. The topological polar surface area (TPSA) is 59.0 Å². The van der Waals surface area contributed by atoms with Crippen LogP contribution in [-0.2, 0) is 0 Å². The number of ether oxygens (including phenoxy) is 2. The smallest absolute Gasteiger partial charge is 0.163 e. The quantitative estimate of drug-likeness (QED) is 0.842. The lowest BCUT2D eigenvalue weighted by molar-refractivity contribution is 0.0692. The second-order valence-electron chi connectivity index (χ2n) is 5.98. The lowest BCUT2D eigenvalue weighted by Crippen LogP contribution is -2.38. The van der Waals surface area contributed by atoms with Crippen molar-refractivity contribution in [1.29, 1.82) is 0 Å². The number of aliphatic hydroxyl groups excluding tert-OH is 1. The van der Waals surface area contributed by atoms with Crippen molar-refractivity contribution in [3.8, 4) is 11.5 Å². The van der Waals surface area contributed by atoms with Crippen molar-refractivity contribution in [2.75, 3.05) is 32.8 Å². The van der Waals surface area contributed by atoms with Crippen LogP contribution >= 0.6 is 0 Å². The Bertz CT molecular complexity index is 531. The third-order valence-electron chi connectivity index (χ3n) is 4.22. The van der Waals surface area contributed by atoms with Gasteiger partial charge < -0.3 is 19.5 Å². The van der Waals surface area contributed by atoms with Crippen LogP contribution in [0.3, 0.4) is 0 Å². The number of nitrogens with zero attached hydrogens (tertiary/aromatic N) is 1. The maximum atomic E-state index is 12.3. The molecule has 0 aromatic heterocycles. The fourth-order valence-corrected chi connectivity index (χ4v) is 3.06. The van der Waals surface area contributed by atoms with Crippen LogP contribution < -0.4 is 9.47 Å². The van der Waals surface area contributed by atoms with Crippen molar-refractivity contribution >= 4 is 5.78 Å². The fraction of sp³-hybridized carbons (Fsp3) is 0.588. The van der Waals surface area contributed by atoms with Crippen molar-refractivity contribution in [3.63, 3.8) is 0 Å². The minimum Gasteiger partial charge on any atom is -0.486 e. The molecule has 22 heavy (non-hydrogen) atoms. The summed E-state index contributed by atoms with van der Waals surface area (Å²) in [7, 11) is 0. The van der Waals surface area contributed by atoms with Crippen LogP contribution in [0.4, 0.5) is 0 Å². The van der Waals surface area contributed by atoms with Gasteiger partial charge in [0.1, 0.15) is 13.2 Å². The van der Waals surface area contributed by atoms with Crippen LogP contribution in [-0.4, -0.2) is 54.7 Å². The molecule has 2 aliphatic rings. The summed E-state index contributed by atoms with van der Waals surface area (Å²) in [4.78, 5) is 14.5. The highest BCUT2D eigenvalue weighted by Crippen LogP contribution is 2.31. The van der Waals surface area contributed by atoms with E-state index in [2.05, 4.69) is 4.90 Å². The van der Waals surface area contributed by atoms with Gasteiger partial charge in [-0.1, -0.05) is 0 Å². The van der Waals surface area contributed by atoms with E-state index in [1.807, 2.05) is 6.07 Å². The summed E-state index contributed by atoms with van der Waals surface area (Å²) in [5.41, 5.74) is 0.683. The summed E-state index contributed by atoms with van der Waals surface area (Å²) in [5, 5.41) is 9.64. The van der Waals surface area contributed by atoms with Crippen LogP contribution in [0.2, 0.25) is 0 Å². The number of hydrogen-bond donors (Lipinski definition) is 1. The minimum absolute atomic E-state index is 0.134. The number of carbonyl (C=O) groups excluding carboxylic acids is 1. The number of aliphatic hydroxyl groups is 1. The molecule has 0 aliphatic carbocycles. The molecular formula is C17H23NO4. The van der Waals surface area contributed by atoms with Crippen LogP contribution in [0.15, 0.2) is 18.2 Å². The summed E-state index contributed by atoms with van der Waals surface area (Å²) in [6, 6.07) is 5.39. The Morgan fingerprint density at radius 1 is 1.27 bits per heavy atom. The SMILES string of the molecule is O=C(CCCN1CCCC(O)C1)c1ccc2c(c1)OCCO2. The predicted octanol–water partition coefficient (Wildman–Crippen LogP) is 1.88. The minimum atomic E-state index is -0.206. The monoisotopic (exact) mass is 305 g/mol. The van der Waals surface area contributed by atoms with Crippen molar-refractivity contribution in [3.05, 3.63) is 23.8 Å². The lowest BCUT2D eigenvalue weighted by atomic mass is 10.0. The predicted molar refractivity (Wildman–Crippen MR) is 82.7 cm³/mol. The second kappa shape index (κ2) is 7.11. The van der Waals surface area contributed by atoms with Gasteiger partial charge in [0.2, 0.25) is 0 Å². The van der Waals surface area contributed by atoms with E-state index in [1.54, 1.807) is 12.1 Å². The fourth-order valence-electron chi connectivity index (χ4n) is 3.06. The van der Waals surface area contributed by atoms with Crippen LogP contribution in [0.1, 0.15) is 36.0 Å². The zero-order valence-electron chi connectivity index (χ0n) is 12.8. The van der Waals surface area contributed by atoms with Crippen molar-refractivity contribution in [2.24, 2.45) is 0 Å². The van der Waals surface area contributed by atoms with E-state index >= 15 is 0 Å². The number of fused-ring (bicyclic) bond motifs is 1. The number of likely N-dealkylation sites (tertiary alicyclic amines) is 1. The van der Waals surface area contributed by atoms with E-state index in [0.717, 1.165) is 38.9 Å². The molecule has 120 valence electrons. The number of piperidine rings is 1. The molecule has 1 atom stereocenters. The van der Waals surface area contributed by atoms with Gasteiger partial charge in [-0.2, -0.15) is 0 Å². The Kier molecular flexibility index (Phi) is 4.95. The highest BCUT2D eigenvalue weighted by atomic mass is 16.6. The number of rotatable bonds is 5. The number of Topliss-reactive ketones (excluding diaryl/α,β-unsaturated/α-hetero) is 1. The third-order valence-corrected chi connectivity index (χ3v) is 4.22. The van der Waals surface area contributed by atoms with Gasteiger partial charge in [0.25, 0.3) is 0 Å². The van der Waals surface area contributed by atoms with Crippen molar-refractivity contribution < 1.29 is 19.4 Å². The zero-order valence-corrected chi connectivity index (χ0v) is 12.8. The Morgan fingerprint density at radius 3 is 2.91 bits per heavy atom. The maximum Gasteiger partial charge on any atom is 0.163 e. The number of benzene rings is 1. The first-order chi connectivity index (χ1) is 10.7. The summed E-state index contributed by atoms with van der Waals surface area (Å²) < 4.78 is 11.0. The lowest BCUT2D eigenvalue weighted by Gasteiger charge is -2.29. The van der Waals surface area contributed by atoms with E-state index in [4.69, 9.17) is 9.47 Å². The Morgan fingerprint density at radius 2 is 2.09 bits per heavy atom. The Balaban J connectivity index is 1.49. The van der Waals surface area contributed by atoms with Crippen LogP contribution in [0.5, 0.6) is 11.5 Å². The standard InChI is InChI=1S/C17H23NO4/c19-14-3-1-7-18(12-14)8-2-4-15(20)13-5-6-16-17(11-13)22-10-9-21-16/h5-6,11,14,19H,1-4,7-10,12H2. The molecule has 1 unspecified atom stereocenters. The Labute approximate surface area is 130 Å². The highest BCUT2D eigenvalue weighted by Gasteiger charge is 2.18. The van der Waals surface area contributed by atoms with E-state index in [-0.39, 0.29) is 11.9 Å². The third kappa shape index (κ3) is 3.78. The molecule has 0 bridgehead atoms. The first-order valence-corrected chi connectivity index (χ1v) is 8.05. The van der Waals surface area contributed by atoms with Crippen molar-refractivity contribution in [2.45, 2.75) is 31.8 Å². The highest BCUT2D eigenvalue weighted by molar-refractivity contribution is 5.96. The van der Waals surface area contributed by atoms with Gasteiger partial charge in [-0.3, -0.25) is 4.79 Å². The number of hydrogen-bond acceptors (Lipinski definition) is 5. The molecule has 1 fully saturated rings. The van der Waals surface area contributed by atoms with Gasteiger partial charge in [-0.15, -0.1) is 0 Å². The van der Waals surface area contributed by atoms with E-state index in [1.165, 1.54) is 0 Å². The summed E-state index contributed by atoms with van der Waals surface area (Å²) in [6.45, 7) is 3.71. The van der Waals surface area contributed by atoms with Crippen LogP contribution in [0.25, 0.3) is 0 Å². The molecular weight excluding hydrogens is 282 g/mol. The second-order valence-corrected chi connectivity index (χ2v) is 5.98. The molecule has 0 saturated carbocycles. The molecule has 5 nitrogen and oxygen atoms in total. The molecule has 5 heteroatoms. The van der Waals surface area contributed by atoms with Gasteiger partial charge >= 0.3 is 0 Å². The molecule has 1 saturated heterocycles. The van der Waals surface area contributed by atoms with E-state index in [0.29, 0.717) is 36.7 Å². The van der Waals surface area contributed by atoms with Gasteiger partial charge in [0.05, 0.1) is 6.10 Å². The molecule has 0 spiro atoms. The van der Waals surface area contributed by atoms with Gasteiger partial charge in [0, 0.05) is 18.5 Å². The average molecular weight is 305 g/mol. The summed E-state index contributed by atoms with van der Waals surface area (Å²) in [6.07, 6.45) is 3.07. The molecule has 2 heterocycles. The molecule has 0 amide bonds. The first kappa shape index (κ1) is 15.3. The average Bonchev–Trinajstić information content (AvgIpc) is 2.54. The molecule has 1 aromatic rings. The maximum absolute atomic E-state index is 12.3. The zero-order chi connectivity index (χ0) is 15.4. The molecule has 0 radical (unpaired) electrons.